The third-order valence-corrected chi connectivity index (χ3v) is 7.12. The molecule has 1 fully saturated rings. The minimum Gasteiger partial charge on any atom is -0.240 e. The Morgan fingerprint density at radius 3 is 2.79 bits per heavy atom. The first-order chi connectivity index (χ1) is 9.15. The predicted molar refractivity (Wildman–Crippen MR) is 87.3 cm³/mol. The molecule has 0 aromatic carbocycles. The molecule has 0 saturated carbocycles. The number of alkyl halides is 1. The maximum absolute atomic E-state index is 5.96. The van der Waals surface area contributed by atoms with Crippen LogP contribution in [-0.2, 0) is 12.3 Å². The smallest absolute Gasteiger partial charge is 0.142 e. The molecule has 0 radical (unpaired) electrons. The fourth-order valence-electron chi connectivity index (χ4n) is 2.10. The van der Waals surface area contributed by atoms with Crippen molar-refractivity contribution < 1.29 is 0 Å². The van der Waals surface area contributed by atoms with Crippen molar-refractivity contribution in [2.45, 2.75) is 55.2 Å². The van der Waals surface area contributed by atoms with Crippen molar-refractivity contribution in [1.82, 2.24) is 9.97 Å². The molecule has 0 aliphatic carbocycles. The van der Waals surface area contributed by atoms with Crippen LogP contribution in [0.2, 0.25) is 0 Å². The van der Waals surface area contributed by atoms with Crippen molar-refractivity contribution in [3.63, 3.8) is 0 Å². The zero-order valence-corrected chi connectivity index (χ0v) is 14.1. The molecule has 1 aliphatic rings. The Hall–Kier alpha value is 0.0700. The Bertz CT molecular complexity index is 428. The van der Waals surface area contributed by atoms with Crippen LogP contribution in [-0.4, -0.2) is 26.2 Å². The van der Waals surface area contributed by atoms with E-state index in [9.17, 15) is 0 Å². The van der Waals surface area contributed by atoms with Gasteiger partial charge in [0.05, 0.1) is 11.1 Å². The normalized spacial score (nSPS) is 27.5. The molecule has 0 spiro atoms. The Labute approximate surface area is 129 Å². The van der Waals surface area contributed by atoms with E-state index in [4.69, 9.17) is 16.6 Å². The summed E-state index contributed by atoms with van der Waals surface area (Å²) in [5.41, 5.74) is 2.22. The van der Waals surface area contributed by atoms with Crippen molar-refractivity contribution in [2.75, 3.05) is 5.75 Å². The number of aromatic nitrogens is 2. The second-order valence-electron chi connectivity index (χ2n) is 4.95. The standard InChI is InChI=1S/C14H21ClN2S2/c1-4-5-12-11(6-15)7-16-14(17-12)13-8-18-9(2)10(3)19-13/h7,9-10,13H,4-6,8H2,1-3H3. The van der Waals surface area contributed by atoms with Crippen LogP contribution in [0.3, 0.4) is 0 Å². The van der Waals surface area contributed by atoms with Crippen molar-refractivity contribution in [3.05, 3.63) is 23.3 Å². The molecule has 2 nitrogen and oxygen atoms in total. The SMILES string of the molecule is CCCc1nc(C2CSC(C)C(C)S2)ncc1CCl. The van der Waals surface area contributed by atoms with Gasteiger partial charge in [-0.05, 0) is 6.42 Å². The third kappa shape index (κ3) is 3.79. The van der Waals surface area contributed by atoms with E-state index in [-0.39, 0.29) is 0 Å². The van der Waals surface area contributed by atoms with Crippen molar-refractivity contribution in [1.29, 1.82) is 0 Å². The fourth-order valence-corrected chi connectivity index (χ4v) is 5.17. The Balaban J connectivity index is 2.18. The first-order valence-electron chi connectivity index (χ1n) is 6.83. The lowest BCUT2D eigenvalue weighted by Crippen LogP contribution is -2.23. The molecule has 3 atom stereocenters. The van der Waals surface area contributed by atoms with E-state index in [0.29, 0.717) is 16.4 Å². The lowest BCUT2D eigenvalue weighted by molar-refractivity contribution is 0.803. The van der Waals surface area contributed by atoms with Crippen LogP contribution in [0.5, 0.6) is 0 Å². The van der Waals surface area contributed by atoms with E-state index < -0.39 is 0 Å². The van der Waals surface area contributed by atoms with Gasteiger partial charge in [-0.1, -0.05) is 27.2 Å². The van der Waals surface area contributed by atoms with Gasteiger partial charge in [0.2, 0.25) is 0 Å². The zero-order chi connectivity index (χ0) is 13.8. The van der Waals surface area contributed by atoms with Gasteiger partial charge >= 0.3 is 0 Å². The molecule has 1 aromatic rings. The lowest BCUT2D eigenvalue weighted by Gasteiger charge is -2.30. The minimum atomic E-state index is 0.427. The summed E-state index contributed by atoms with van der Waals surface area (Å²) in [5, 5.41) is 1.81. The fraction of sp³-hybridized carbons (Fsp3) is 0.714. The summed E-state index contributed by atoms with van der Waals surface area (Å²) in [6.07, 6.45) is 4.02. The molecule has 106 valence electrons. The number of nitrogens with zero attached hydrogens (tertiary/aromatic N) is 2. The molecule has 3 unspecified atom stereocenters. The van der Waals surface area contributed by atoms with Gasteiger partial charge in [0, 0.05) is 33.7 Å². The molecule has 0 N–H and O–H groups in total. The van der Waals surface area contributed by atoms with Gasteiger partial charge in [-0.2, -0.15) is 11.8 Å². The van der Waals surface area contributed by atoms with Crippen molar-refractivity contribution in [2.24, 2.45) is 0 Å². The van der Waals surface area contributed by atoms with E-state index in [1.807, 2.05) is 29.7 Å². The highest BCUT2D eigenvalue weighted by atomic mass is 35.5. The maximum atomic E-state index is 5.96. The van der Waals surface area contributed by atoms with Crippen molar-refractivity contribution in [3.8, 4) is 0 Å². The van der Waals surface area contributed by atoms with Gasteiger partial charge in [-0.15, -0.1) is 23.4 Å². The second-order valence-corrected chi connectivity index (χ2v) is 8.21. The van der Waals surface area contributed by atoms with E-state index in [1.54, 1.807) is 0 Å². The van der Waals surface area contributed by atoms with Gasteiger partial charge in [-0.25, -0.2) is 9.97 Å². The number of hydrogen-bond donors (Lipinski definition) is 0. The molecule has 19 heavy (non-hydrogen) atoms. The number of thioether (sulfide) groups is 2. The summed E-state index contributed by atoms with van der Waals surface area (Å²) in [5.74, 6) is 2.62. The summed E-state index contributed by atoms with van der Waals surface area (Å²) < 4.78 is 0. The Morgan fingerprint density at radius 2 is 2.16 bits per heavy atom. The molecule has 1 aliphatic heterocycles. The van der Waals surface area contributed by atoms with Crippen LogP contribution in [0.4, 0.5) is 0 Å². The molecule has 5 heteroatoms. The molecule has 1 aromatic heterocycles. The average Bonchev–Trinajstić information content (AvgIpc) is 2.42. The highest BCUT2D eigenvalue weighted by Gasteiger charge is 2.28. The topological polar surface area (TPSA) is 25.8 Å². The number of halogens is 1. The Morgan fingerprint density at radius 1 is 1.37 bits per heavy atom. The highest BCUT2D eigenvalue weighted by molar-refractivity contribution is 8.07. The third-order valence-electron chi connectivity index (χ3n) is 3.44. The maximum Gasteiger partial charge on any atom is 0.142 e. The number of rotatable bonds is 4. The quantitative estimate of drug-likeness (QED) is 0.766. The summed E-state index contributed by atoms with van der Waals surface area (Å²) >= 11 is 10.00. The lowest BCUT2D eigenvalue weighted by atomic mass is 10.1. The summed E-state index contributed by atoms with van der Waals surface area (Å²) in [6, 6.07) is 0. The van der Waals surface area contributed by atoms with E-state index >= 15 is 0 Å². The highest BCUT2D eigenvalue weighted by Crippen LogP contribution is 2.43. The van der Waals surface area contributed by atoms with E-state index in [1.165, 1.54) is 0 Å². The van der Waals surface area contributed by atoms with Gasteiger partial charge in [0.15, 0.2) is 0 Å². The van der Waals surface area contributed by atoms with E-state index in [0.717, 1.165) is 40.9 Å². The first-order valence-corrected chi connectivity index (χ1v) is 9.36. The zero-order valence-electron chi connectivity index (χ0n) is 11.7. The molecule has 2 rings (SSSR count). The van der Waals surface area contributed by atoms with Crippen LogP contribution in [0, 0.1) is 0 Å². The molecule has 0 amide bonds. The molecule has 2 heterocycles. The van der Waals surface area contributed by atoms with Crippen LogP contribution in [0.25, 0.3) is 0 Å². The van der Waals surface area contributed by atoms with Crippen LogP contribution in [0.15, 0.2) is 6.20 Å². The molecule has 0 bridgehead atoms. The number of aryl methyl sites for hydroxylation is 1. The van der Waals surface area contributed by atoms with E-state index in [2.05, 4.69) is 25.8 Å². The molecular weight excluding hydrogens is 296 g/mol. The second kappa shape index (κ2) is 7.19. The van der Waals surface area contributed by atoms with Gasteiger partial charge in [0.1, 0.15) is 5.82 Å². The van der Waals surface area contributed by atoms with Crippen LogP contribution < -0.4 is 0 Å². The largest absolute Gasteiger partial charge is 0.240 e. The van der Waals surface area contributed by atoms with Gasteiger partial charge < -0.3 is 0 Å². The summed E-state index contributed by atoms with van der Waals surface area (Å²) in [7, 11) is 0. The predicted octanol–water partition coefficient (Wildman–Crippen LogP) is 4.47. The molecule has 1 saturated heterocycles. The summed E-state index contributed by atoms with van der Waals surface area (Å²) in [6.45, 7) is 6.78. The summed E-state index contributed by atoms with van der Waals surface area (Å²) in [4.78, 5) is 9.33. The molecular formula is C14H21ClN2S2. The van der Waals surface area contributed by atoms with Crippen LogP contribution in [0.1, 0.15) is 49.5 Å². The van der Waals surface area contributed by atoms with Gasteiger partial charge in [0.25, 0.3) is 0 Å². The van der Waals surface area contributed by atoms with Crippen LogP contribution >= 0.6 is 35.1 Å². The number of hydrogen-bond acceptors (Lipinski definition) is 4. The minimum absolute atomic E-state index is 0.427. The Kier molecular flexibility index (Phi) is 5.85. The van der Waals surface area contributed by atoms with Crippen molar-refractivity contribution >= 4 is 35.1 Å². The average molecular weight is 317 g/mol. The monoisotopic (exact) mass is 316 g/mol. The first kappa shape index (κ1) is 15.5. The van der Waals surface area contributed by atoms with Gasteiger partial charge in [-0.3, -0.25) is 0 Å².